The summed E-state index contributed by atoms with van der Waals surface area (Å²) in [6.45, 7) is 0. The largest absolute Gasteiger partial charge is 0.481 e. The van der Waals surface area contributed by atoms with Crippen molar-refractivity contribution in [3.63, 3.8) is 0 Å². The van der Waals surface area contributed by atoms with Crippen LogP contribution in [0.2, 0.25) is 10.0 Å². The van der Waals surface area contributed by atoms with Gasteiger partial charge in [0, 0.05) is 27.9 Å². The normalized spacial score (nSPS) is 10.8. The first kappa shape index (κ1) is 14.6. The zero-order valence-electron chi connectivity index (χ0n) is 10.6. The molecule has 0 aliphatic carbocycles. The molecule has 0 fully saturated rings. The summed E-state index contributed by atoms with van der Waals surface area (Å²) in [4.78, 5) is 16.0. The Labute approximate surface area is 126 Å². The summed E-state index contributed by atoms with van der Waals surface area (Å²) in [6, 6.07) is 8.35. The number of aromatic nitrogens is 1. The SMILES string of the molecule is COc1ccc(C(=O)C=Cc2cc(Cl)ccc2Cl)cn1. The van der Waals surface area contributed by atoms with Crippen LogP contribution in [-0.4, -0.2) is 17.9 Å². The monoisotopic (exact) mass is 307 g/mol. The highest BCUT2D eigenvalue weighted by atomic mass is 35.5. The molecule has 3 nitrogen and oxygen atoms in total. The molecule has 102 valence electrons. The van der Waals surface area contributed by atoms with Gasteiger partial charge in [0.1, 0.15) is 0 Å². The van der Waals surface area contributed by atoms with Crippen LogP contribution in [0.15, 0.2) is 42.6 Å². The summed E-state index contributed by atoms with van der Waals surface area (Å²) in [6.07, 6.45) is 4.52. The predicted octanol–water partition coefficient (Wildman–Crippen LogP) is 4.29. The Morgan fingerprint density at radius 1 is 1.25 bits per heavy atom. The van der Waals surface area contributed by atoms with Crippen molar-refractivity contribution < 1.29 is 9.53 Å². The molecule has 5 heteroatoms. The minimum absolute atomic E-state index is 0.170. The highest BCUT2D eigenvalue weighted by Crippen LogP contribution is 2.22. The standard InChI is InChI=1S/C15H11Cl2NO2/c1-20-15-7-3-11(9-18-15)14(19)6-2-10-8-12(16)4-5-13(10)17/h2-9H,1H3. The fourth-order valence-electron chi connectivity index (χ4n) is 1.55. The molecule has 1 aromatic heterocycles. The summed E-state index contributed by atoms with van der Waals surface area (Å²) >= 11 is 11.9. The van der Waals surface area contributed by atoms with Crippen molar-refractivity contribution in [1.29, 1.82) is 0 Å². The molecule has 20 heavy (non-hydrogen) atoms. The predicted molar refractivity (Wildman–Crippen MR) is 80.6 cm³/mol. The van der Waals surface area contributed by atoms with Crippen molar-refractivity contribution in [2.75, 3.05) is 7.11 Å². The zero-order chi connectivity index (χ0) is 14.5. The molecule has 1 heterocycles. The van der Waals surface area contributed by atoms with Gasteiger partial charge in [-0.1, -0.05) is 23.2 Å². The van der Waals surface area contributed by atoms with Gasteiger partial charge in [0.15, 0.2) is 5.78 Å². The molecule has 0 amide bonds. The Balaban J connectivity index is 2.17. The van der Waals surface area contributed by atoms with Crippen LogP contribution in [-0.2, 0) is 0 Å². The van der Waals surface area contributed by atoms with Gasteiger partial charge in [-0.2, -0.15) is 0 Å². The Kier molecular flexibility index (Phi) is 4.77. The summed E-state index contributed by atoms with van der Waals surface area (Å²) in [5.74, 6) is 0.291. The van der Waals surface area contributed by atoms with Gasteiger partial charge in [0.2, 0.25) is 5.88 Å². The number of carbonyl (C=O) groups is 1. The Morgan fingerprint density at radius 3 is 2.70 bits per heavy atom. The van der Waals surface area contributed by atoms with E-state index >= 15 is 0 Å². The number of halogens is 2. The lowest BCUT2D eigenvalue weighted by Crippen LogP contribution is -1.96. The maximum Gasteiger partial charge on any atom is 0.212 e. The fourth-order valence-corrected chi connectivity index (χ4v) is 1.91. The molecule has 2 aromatic rings. The number of nitrogens with zero attached hydrogens (tertiary/aromatic N) is 1. The number of methoxy groups -OCH3 is 1. The average Bonchev–Trinajstić information content (AvgIpc) is 2.48. The molecule has 0 spiro atoms. The van der Waals surface area contributed by atoms with E-state index in [0.717, 1.165) is 0 Å². The molecule has 0 aliphatic rings. The van der Waals surface area contributed by atoms with Crippen LogP contribution in [0.1, 0.15) is 15.9 Å². The molecule has 0 N–H and O–H groups in total. The second-order valence-corrected chi connectivity index (χ2v) is 4.80. The molecule has 0 atom stereocenters. The molecule has 0 radical (unpaired) electrons. The number of allylic oxidation sites excluding steroid dienone is 1. The second kappa shape index (κ2) is 6.55. The van der Waals surface area contributed by atoms with E-state index in [9.17, 15) is 4.79 Å². The van der Waals surface area contributed by atoms with Gasteiger partial charge < -0.3 is 4.74 Å². The van der Waals surface area contributed by atoms with Gasteiger partial charge in [-0.25, -0.2) is 4.98 Å². The third-order valence-corrected chi connectivity index (χ3v) is 3.18. The van der Waals surface area contributed by atoms with E-state index in [1.807, 2.05) is 0 Å². The van der Waals surface area contributed by atoms with E-state index in [2.05, 4.69) is 4.98 Å². The lowest BCUT2D eigenvalue weighted by atomic mass is 10.1. The van der Waals surface area contributed by atoms with Gasteiger partial charge in [0.25, 0.3) is 0 Å². The summed E-state index contributed by atoms with van der Waals surface area (Å²) in [5.41, 5.74) is 1.16. The van der Waals surface area contributed by atoms with E-state index in [0.29, 0.717) is 27.1 Å². The Morgan fingerprint density at radius 2 is 2.05 bits per heavy atom. The van der Waals surface area contributed by atoms with Gasteiger partial charge in [0.05, 0.1) is 7.11 Å². The van der Waals surface area contributed by atoms with Crippen LogP contribution in [0.5, 0.6) is 5.88 Å². The average molecular weight is 308 g/mol. The van der Waals surface area contributed by atoms with E-state index in [1.165, 1.54) is 19.4 Å². The maximum absolute atomic E-state index is 12.0. The van der Waals surface area contributed by atoms with Gasteiger partial charge >= 0.3 is 0 Å². The number of ketones is 1. The highest BCUT2D eigenvalue weighted by molar-refractivity contribution is 6.34. The third kappa shape index (κ3) is 3.59. The molecule has 0 bridgehead atoms. The first-order valence-electron chi connectivity index (χ1n) is 5.77. The number of rotatable bonds is 4. The van der Waals surface area contributed by atoms with Crippen LogP contribution in [0, 0.1) is 0 Å². The van der Waals surface area contributed by atoms with Crippen LogP contribution >= 0.6 is 23.2 Å². The molecule has 2 rings (SSSR count). The quantitative estimate of drug-likeness (QED) is 0.624. The van der Waals surface area contributed by atoms with Crippen molar-refractivity contribution in [1.82, 2.24) is 4.98 Å². The van der Waals surface area contributed by atoms with E-state index < -0.39 is 0 Å². The van der Waals surface area contributed by atoms with E-state index in [1.54, 1.807) is 36.4 Å². The van der Waals surface area contributed by atoms with E-state index in [-0.39, 0.29) is 5.78 Å². The number of hydrogen-bond acceptors (Lipinski definition) is 3. The molecule has 0 saturated heterocycles. The lowest BCUT2D eigenvalue weighted by Gasteiger charge is -2.00. The number of carbonyl (C=O) groups excluding carboxylic acids is 1. The summed E-state index contributed by atoms with van der Waals surface area (Å²) < 4.78 is 4.93. The smallest absolute Gasteiger partial charge is 0.212 e. The minimum Gasteiger partial charge on any atom is -0.481 e. The number of ether oxygens (including phenoxy) is 1. The van der Waals surface area contributed by atoms with Crippen molar-refractivity contribution in [2.45, 2.75) is 0 Å². The van der Waals surface area contributed by atoms with Gasteiger partial charge in [-0.15, -0.1) is 0 Å². The Bertz CT molecular complexity index is 651. The first-order chi connectivity index (χ1) is 9.60. The number of hydrogen-bond donors (Lipinski definition) is 0. The van der Waals surface area contributed by atoms with Crippen molar-refractivity contribution >= 4 is 35.1 Å². The van der Waals surface area contributed by atoms with Crippen molar-refractivity contribution in [3.8, 4) is 5.88 Å². The third-order valence-electron chi connectivity index (χ3n) is 2.60. The Hall–Kier alpha value is -1.84. The number of pyridine rings is 1. The van der Waals surface area contributed by atoms with Crippen LogP contribution in [0.4, 0.5) is 0 Å². The molecular weight excluding hydrogens is 297 g/mol. The molecule has 1 aromatic carbocycles. The van der Waals surface area contributed by atoms with Crippen LogP contribution in [0.25, 0.3) is 6.08 Å². The summed E-state index contributed by atoms with van der Waals surface area (Å²) in [5, 5.41) is 1.10. The minimum atomic E-state index is -0.170. The topological polar surface area (TPSA) is 39.2 Å². The first-order valence-corrected chi connectivity index (χ1v) is 6.53. The fraction of sp³-hybridized carbons (Fsp3) is 0.0667. The molecular formula is C15H11Cl2NO2. The van der Waals surface area contributed by atoms with Crippen molar-refractivity contribution in [3.05, 3.63) is 63.8 Å². The molecule has 0 aliphatic heterocycles. The van der Waals surface area contributed by atoms with Crippen LogP contribution in [0.3, 0.4) is 0 Å². The number of benzene rings is 1. The molecule has 0 saturated carbocycles. The van der Waals surface area contributed by atoms with E-state index in [4.69, 9.17) is 27.9 Å². The lowest BCUT2D eigenvalue weighted by molar-refractivity contribution is 0.104. The van der Waals surface area contributed by atoms with Crippen molar-refractivity contribution in [2.24, 2.45) is 0 Å². The van der Waals surface area contributed by atoms with Gasteiger partial charge in [-0.3, -0.25) is 4.79 Å². The highest BCUT2D eigenvalue weighted by Gasteiger charge is 2.04. The zero-order valence-corrected chi connectivity index (χ0v) is 12.2. The summed E-state index contributed by atoms with van der Waals surface area (Å²) in [7, 11) is 1.52. The molecule has 0 unspecified atom stereocenters. The van der Waals surface area contributed by atoms with Gasteiger partial charge in [-0.05, 0) is 42.0 Å². The maximum atomic E-state index is 12.0. The van der Waals surface area contributed by atoms with Crippen LogP contribution < -0.4 is 4.74 Å². The second-order valence-electron chi connectivity index (χ2n) is 3.95.